The molecule has 0 heterocycles. The number of hydrogen-bond donors (Lipinski definition) is 1. The quantitative estimate of drug-likeness (QED) is 0.849. The highest BCUT2D eigenvalue weighted by molar-refractivity contribution is 6.44. The monoisotopic (exact) mass is 274 g/mol. The molecule has 92 valence electrons. The van der Waals surface area contributed by atoms with Crippen LogP contribution in [-0.4, -0.2) is 35.1 Å². The van der Waals surface area contributed by atoms with Crippen molar-refractivity contribution in [2.24, 2.45) is 5.73 Å². The van der Waals surface area contributed by atoms with Crippen molar-refractivity contribution < 1.29 is 9.59 Å². The lowest BCUT2D eigenvalue weighted by Gasteiger charge is -2.17. The first-order valence-corrected chi connectivity index (χ1v) is 5.72. The Labute approximate surface area is 109 Å². The Morgan fingerprint density at radius 3 is 2.12 bits per heavy atom. The van der Waals surface area contributed by atoms with E-state index in [2.05, 4.69) is 0 Å². The maximum atomic E-state index is 11.9. The van der Waals surface area contributed by atoms with Gasteiger partial charge in [0.1, 0.15) is 4.84 Å². The number of nitrogens with zero attached hydrogens (tertiary/aromatic N) is 1. The standard InChI is InChI=1S/C11H12Cl2N2O2/c1-15(6-9(12)13)11(17)8-4-2-7(3-5-8)10(14)16/h2-5,9H,6H2,1H3,(H2,14,16). The third kappa shape index (κ3) is 3.91. The molecule has 6 heteroatoms. The summed E-state index contributed by atoms with van der Waals surface area (Å²) in [7, 11) is 1.60. The summed E-state index contributed by atoms with van der Waals surface area (Å²) in [5, 5.41) is 0. The summed E-state index contributed by atoms with van der Waals surface area (Å²) in [6, 6.07) is 6.08. The fourth-order valence-electron chi connectivity index (χ4n) is 1.29. The predicted octanol–water partition coefficient (Wildman–Crippen LogP) is 1.66. The summed E-state index contributed by atoms with van der Waals surface area (Å²) in [5.41, 5.74) is 5.91. The van der Waals surface area contributed by atoms with Gasteiger partial charge in [0.15, 0.2) is 0 Å². The molecule has 2 N–H and O–H groups in total. The van der Waals surface area contributed by atoms with Gasteiger partial charge in [-0.3, -0.25) is 9.59 Å². The van der Waals surface area contributed by atoms with Crippen LogP contribution in [0.15, 0.2) is 24.3 Å². The highest BCUT2D eigenvalue weighted by Crippen LogP contribution is 2.09. The van der Waals surface area contributed by atoms with Crippen molar-refractivity contribution in [3.05, 3.63) is 35.4 Å². The van der Waals surface area contributed by atoms with Gasteiger partial charge in [-0.15, -0.1) is 23.2 Å². The minimum atomic E-state index is -0.631. The van der Waals surface area contributed by atoms with Crippen molar-refractivity contribution in [2.45, 2.75) is 4.84 Å². The predicted molar refractivity (Wildman–Crippen MR) is 67.4 cm³/mol. The van der Waals surface area contributed by atoms with Crippen LogP contribution in [0.25, 0.3) is 0 Å². The lowest BCUT2D eigenvalue weighted by molar-refractivity contribution is 0.0800. The van der Waals surface area contributed by atoms with E-state index >= 15 is 0 Å². The molecule has 2 amide bonds. The Morgan fingerprint density at radius 1 is 1.24 bits per heavy atom. The van der Waals surface area contributed by atoms with E-state index in [1.165, 1.54) is 29.2 Å². The van der Waals surface area contributed by atoms with Crippen molar-refractivity contribution in [2.75, 3.05) is 13.6 Å². The molecule has 0 aliphatic heterocycles. The lowest BCUT2D eigenvalue weighted by atomic mass is 10.1. The van der Waals surface area contributed by atoms with Crippen LogP contribution in [0.5, 0.6) is 0 Å². The number of amides is 2. The van der Waals surface area contributed by atoms with Crippen LogP contribution in [0.4, 0.5) is 0 Å². The van der Waals surface area contributed by atoms with E-state index < -0.39 is 10.7 Å². The van der Waals surface area contributed by atoms with E-state index in [-0.39, 0.29) is 12.5 Å². The summed E-state index contributed by atoms with van der Waals surface area (Å²) in [6.45, 7) is 0.236. The zero-order valence-electron chi connectivity index (χ0n) is 9.19. The molecule has 0 atom stereocenters. The molecule has 1 aromatic rings. The van der Waals surface area contributed by atoms with Crippen molar-refractivity contribution in [1.82, 2.24) is 4.90 Å². The molecule has 1 rings (SSSR count). The zero-order valence-corrected chi connectivity index (χ0v) is 10.7. The molecule has 0 aliphatic carbocycles. The fourth-order valence-corrected chi connectivity index (χ4v) is 1.70. The first-order valence-electron chi connectivity index (χ1n) is 4.85. The SMILES string of the molecule is CN(CC(Cl)Cl)C(=O)c1ccc(C(N)=O)cc1. The van der Waals surface area contributed by atoms with Gasteiger partial charge in [-0.05, 0) is 24.3 Å². The van der Waals surface area contributed by atoms with Crippen LogP contribution in [0.2, 0.25) is 0 Å². The van der Waals surface area contributed by atoms with Crippen LogP contribution in [-0.2, 0) is 0 Å². The van der Waals surface area contributed by atoms with Gasteiger partial charge in [-0.25, -0.2) is 0 Å². The first kappa shape index (κ1) is 13.8. The van der Waals surface area contributed by atoms with Crippen LogP contribution < -0.4 is 5.73 Å². The summed E-state index contributed by atoms with van der Waals surface area (Å²) < 4.78 is 0. The molecule has 0 radical (unpaired) electrons. The summed E-state index contributed by atoms with van der Waals surface area (Å²) in [4.78, 5) is 23.5. The third-order valence-corrected chi connectivity index (χ3v) is 2.45. The maximum absolute atomic E-state index is 11.9. The summed E-state index contributed by atoms with van der Waals surface area (Å²) in [5.74, 6) is -0.744. The minimum absolute atomic E-state index is 0.215. The van der Waals surface area contributed by atoms with Crippen LogP contribution in [0.3, 0.4) is 0 Å². The van der Waals surface area contributed by atoms with E-state index in [1.807, 2.05) is 0 Å². The molecule has 0 saturated heterocycles. The molecule has 0 unspecified atom stereocenters. The molecule has 1 aromatic carbocycles. The van der Waals surface area contributed by atoms with Crippen LogP contribution >= 0.6 is 23.2 Å². The number of benzene rings is 1. The molecule has 0 saturated carbocycles. The average Bonchev–Trinajstić information content (AvgIpc) is 2.27. The van der Waals surface area contributed by atoms with Gasteiger partial charge in [0, 0.05) is 18.2 Å². The highest BCUT2D eigenvalue weighted by Gasteiger charge is 2.14. The molecule has 0 fully saturated rings. The second kappa shape index (κ2) is 5.89. The number of primary amides is 1. The average molecular weight is 275 g/mol. The van der Waals surface area contributed by atoms with Crippen molar-refractivity contribution in [3.8, 4) is 0 Å². The molecule has 4 nitrogen and oxygen atoms in total. The van der Waals surface area contributed by atoms with E-state index in [4.69, 9.17) is 28.9 Å². The maximum Gasteiger partial charge on any atom is 0.253 e. The van der Waals surface area contributed by atoms with E-state index in [0.29, 0.717) is 11.1 Å². The highest BCUT2D eigenvalue weighted by atomic mass is 35.5. The van der Waals surface area contributed by atoms with Gasteiger partial charge in [0.2, 0.25) is 5.91 Å². The molecule has 0 spiro atoms. The molecule has 0 aliphatic rings. The molecule has 0 bridgehead atoms. The van der Waals surface area contributed by atoms with Gasteiger partial charge in [-0.1, -0.05) is 0 Å². The van der Waals surface area contributed by atoms with Crippen molar-refractivity contribution in [1.29, 1.82) is 0 Å². The lowest BCUT2D eigenvalue weighted by Crippen LogP contribution is -2.30. The Hall–Kier alpha value is -1.26. The molecular formula is C11H12Cl2N2O2. The van der Waals surface area contributed by atoms with Gasteiger partial charge >= 0.3 is 0 Å². The number of halogens is 2. The topological polar surface area (TPSA) is 63.4 Å². The van der Waals surface area contributed by atoms with Crippen LogP contribution in [0, 0.1) is 0 Å². The number of hydrogen-bond acceptors (Lipinski definition) is 2. The Morgan fingerprint density at radius 2 is 1.71 bits per heavy atom. The Bertz CT molecular complexity index is 418. The van der Waals surface area contributed by atoms with Gasteiger partial charge in [0.05, 0.1) is 6.54 Å². The van der Waals surface area contributed by atoms with Crippen LogP contribution in [0.1, 0.15) is 20.7 Å². The smallest absolute Gasteiger partial charge is 0.253 e. The fraction of sp³-hybridized carbons (Fsp3) is 0.273. The van der Waals surface area contributed by atoms with Crippen molar-refractivity contribution in [3.63, 3.8) is 0 Å². The van der Waals surface area contributed by atoms with Gasteiger partial charge in [0.25, 0.3) is 5.91 Å². The third-order valence-electron chi connectivity index (χ3n) is 2.17. The normalized spacial score (nSPS) is 10.4. The number of rotatable bonds is 4. The number of nitrogens with two attached hydrogens (primary N) is 1. The number of carbonyl (C=O) groups is 2. The van der Waals surface area contributed by atoms with E-state index in [1.54, 1.807) is 7.05 Å². The Balaban J connectivity index is 2.79. The van der Waals surface area contributed by atoms with Crippen molar-refractivity contribution >= 4 is 35.0 Å². The van der Waals surface area contributed by atoms with Gasteiger partial charge < -0.3 is 10.6 Å². The van der Waals surface area contributed by atoms with E-state index in [9.17, 15) is 9.59 Å². The second-order valence-electron chi connectivity index (χ2n) is 3.52. The Kier molecular flexibility index (Phi) is 4.78. The minimum Gasteiger partial charge on any atom is -0.366 e. The largest absolute Gasteiger partial charge is 0.366 e. The number of carbonyl (C=O) groups excluding carboxylic acids is 2. The zero-order chi connectivity index (χ0) is 13.0. The first-order chi connectivity index (χ1) is 7.91. The summed E-state index contributed by atoms with van der Waals surface area (Å²) >= 11 is 11.2. The summed E-state index contributed by atoms with van der Waals surface area (Å²) in [6.07, 6.45) is 0. The second-order valence-corrected chi connectivity index (χ2v) is 4.80. The van der Waals surface area contributed by atoms with Gasteiger partial charge in [-0.2, -0.15) is 0 Å². The molecule has 0 aromatic heterocycles. The number of alkyl halides is 2. The van der Waals surface area contributed by atoms with E-state index in [0.717, 1.165) is 0 Å². The molecule has 17 heavy (non-hydrogen) atoms. The molecular weight excluding hydrogens is 263 g/mol.